The van der Waals surface area contributed by atoms with Crippen LogP contribution in [0.4, 0.5) is 0 Å². The predicted molar refractivity (Wildman–Crippen MR) is 58.8 cm³/mol. The van der Waals surface area contributed by atoms with Crippen molar-refractivity contribution in [2.45, 2.75) is 25.0 Å². The molecule has 1 N–H and O–H groups in total. The molecule has 0 aromatic rings. The summed E-state index contributed by atoms with van der Waals surface area (Å²) in [6.07, 6.45) is 1.90. The first kappa shape index (κ1) is 12.0. The van der Waals surface area contributed by atoms with Gasteiger partial charge in [0.05, 0.1) is 23.7 Å². The zero-order chi connectivity index (χ0) is 11.8. The molecule has 2 rings (SSSR count). The van der Waals surface area contributed by atoms with E-state index in [1.807, 2.05) is 4.90 Å². The highest BCUT2D eigenvalue weighted by atomic mass is 32.2. The lowest BCUT2D eigenvalue weighted by Gasteiger charge is -2.35. The molecular formula is C10H17NO4S. The summed E-state index contributed by atoms with van der Waals surface area (Å²) >= 11 is 0. The standard InChI is InChI=1S/C10H17NO4S/c12-5-8-2-1-3-11(4-8)9-6-16(14,15)7-10(9)13/h5,8-10,13H,1-4,6-7H2. The van der Waals surface area contributed by atoms with Crippen LogP contribution in [0.2, 0.25) is 0 Å². The van der Waals surface area contributed by atoms with Gasteiger partial charge >= 0.3 is 0 Å². The molecule has 5 nitrogen and oxygen atoms in total. The summed E-state index contributed by atoms with van der Waals surface area (Å²) in [5.74, 6) is -0.121. The highest BCUT2D eigenvalue weighted by Crippen LogP contribution is 2.23. The Hall–Kier alpha value is -0.460. The van der Waals surface area contributed by atoms with E-state index in [2.05, 4.69) is 0 Å². The Morgan fingerprint density at radius 2 is 2.06 bits per heavy atom. The molecular weight excluding hydrogens is 230 g/mol. The van der Waals surface area contributed by atoms with Crippen LogP contribution in [-0.4, -0.2) is 61.5 Å². The summed E-state index contributed by atoms with van der Waals surface area (Å²) in [6.45, 7) is 1.36. The van der Waals surface area contributed by atoms with Crippen molar-refractivity contribution in [1.82, 2.24) is 4.90 Å². The van der Waals surface area contributed by atoms with Gasteiger partial charge in [-0.2, -0.15) is 0 Å². The molecule has 16 heavy (non-hydrogen) atoms. The SMILES string of the molecule is O=CC1CCCN(C2CS(=O)(=O)CC2O)C1. The van der Waals surface area contributed by atoms with Gasteiger partial charge in [0, 0.05) is 12.5 Å². The number of nitrogens with zero attached hydrogens (tertiary/aromatic N) is 1. The van der Waals surface area contributed by atoms with Crippen molar-refractivity contribution in [1.29, 1.82) is 0 Å². The fourth-order valence-corrected chi connectivity index (χ4v) is 4.44. The van der Waals surface area contributed by atoms with Gasteiger partial charge < -0.3 is 9.90 Å². The average Bonchev–Trinajstić information content (AvgIpc) is 2.52. The molecule has 3 atom stereocenters. The minimum absolute atomic E-state index is 0.00995. The zero-order valence-corrected chi connectivity index (χ0v) is 9.90. The molecule has 0 radical (unpaired) electrons. The molecule has 2 aliphatic rings. The number of carbonyl (C=O) groups is 1. The summed E-state index contributed by atoms with van der Waals surface area (Å²) in [5.41, 5.74) is 0. The lowest BCUT2D eigenvalue weighted by Crippen LogP contribution is -2.48. The largest absolute Gasteiger partial charge is 0.390 e. The number of carbonyl (C=O) groups excluding carboxylic acids is 1. The van der Waals surface area contributed by atoms with Crippen LogP contribution in [0.1, 0.15) is 12.8 Å². The molecule has 0 bridgehead atoms. The minimum Gasteiger partial charge on any atom is -0.390 e. The summed E-state index contributed by atoms with van der Waals surface area (Å²) in [5, 5.41) is 9.73. The number of rotatable bonds is 2. The number of aliphatic hydroxyl groups excluding tert-OH is 1. The molecule has 6 heteroatoms. The second-order valence-electron chi connectivity index (χ2n) is 4.74. The third kappa shape index (κ3) is 2.44. The monoisotopic (exact) mass is 247 g/mol. The minimum atomic E-state index is -3.10. The fourth-order valence-electron chi connectivity index (χ4n) is 2.61. The van der Waals surface area contributed by atoms with Gasteiger partial charge in [0.2, 0.25) is 0 Å². The smallest absolute Gasteiger partial charge is 0.154 e. The van der Waals surface area contributed by atoms with Crippen LogP contribution in [0, 0.1) is 5.92 Å². The Balaban J connectivity index is 2.05. The van der Waals surface area contributed by atoms with Gasteiger partial charge in [-0.05, 0) is 19.4 Å². The van der Waals surface area contributed by atoms with Crippen molar-refractivity contribution in [3.8, 4) is 0 Å². The topological polar surface area (TPSA) is 74.7 Å². The molecule has 2 saturated heterocycles. The van der Waals surface area contributed by atoms with Gasteiger partial charge in [-0.3, -0.25) is 4.90 Å². The zero-order valence-electron chi connectivity index (χ0n) is 9.08. The van der Waals surface area contributed by atoms with Gasteiger partial charge in [-0.1, -0.05) is 0 Å². The van der Waals surface area contributed by atoms with Crippen LogP contribution in [0.3, 0.4) is 0 Å². The van der Waals surface area contributed by atoms with Crippen LogP contribution >= 0.6 is 0 Å². The number of aliphatic hydroxyl groups is 1. The molecule has 0 saturated carbocycles. The number of likely N-dealkylation sites (tertiary alicyclic amines) is 1. The van der Waals surface area contributed by atoms with Crippen molar-refractivity contribution in [2.75, 3.05) is 24.6 Å². The molecule has 0 aliphatic carbocycles. The average molecular weight is 247 g/mol. The third-order valence-electron chi connectivity index (χ3n) is 3.44. The van der Waals surface area contributed by atoms with E-state index < -0.39 is 15.9 Å². The van der Waals surface area contributed by atoms with E-state index in [4.69, 9.17) is 0 Å². The molecule has 92 valence electrons. The second kappa shape index (κ2) is 4.43. The van der Waals surface area contributed by atoms with Gasteiger partial charge in [-0.25, -0.2) is 8.42 Å². The van der Waals surface area contributed by atoms with Crippen molar-refractivity contribution in [3.63, 3.8) is 0 Å². The molecule has 3 unspecified atom stereocenters. The number of sulfone groups is 1. The van der Waals surface area contributed by atoms with E-state index >= 15 is 0 Å². The highest BCUT2D eigenvalue weighted by molar-refractivity contribution is 7.91. The summed E-state index contributed by atoms with van der Waals surface area (Å²) in [4.78, 5) is 12.7. The maximum atomic E-state index is 11.4. The first-order valence-corrected chi connectivity index (χ1v) is 7.42. The normalized spacial score (nSPS) is 39.7. The van der Waals surface area contributed by atoms with E-state index in [9.17, 15) is 18.3 Å². The molecule has 0 amide bonds. The predicted octanol–water partition coefficient (Wildman–Crippen LogP) is -0.945. The van der Waals surface area contributed by atoms with E-state index in [0.717, 1.165) is 25.7 Å². The van der Waals surface area contributed by atoms with E-state index in [-0.39, 0.29) is 23.5 Å². The van der Waals surface area contributed by atoms with Crippen molar-refractivity contribution >= 4 is 16.1 Å². The summed E-state index contributed by atoms with van der Waals surface area (Å²) < 4.78 is 22.8. The van der Waals surface area contributed by atoms with Gasteiger partial charge in [0.15, 0.2) is 9.84 Å². The van der Waals surface area contributed by atoms with Crippen LogP contribution in [0.25, 0.3) is 0 Å². The Kier molecular flexibility index (Phi) is 3.32. The first-order valence-electron chi connectivity index (χ1n) is 5.59. The van der Waals surface area contributed by atoms with Gasteiger partial charge in [0.25, 0.3) is 0 Å². The van der Waals surface area contributed by atoms with Gasteiger partial charge in [0.1, 0.15) is 6.29 Å². The fraction of sp³-hybridized carbons (Fsp3) is 0.900. The first-order chi connectivity index (χ1) is 7.52. The van der Waals surface area contributed by atoms with Gasteiger partial charge in [-0.15, -0.1) is 0 Å². The molecule has 2 fully saturated rings. The second-order valence-corrected chi connectivity index (χ2v) is 6.90. The maximum absolute atomic E-state index is 11.4. The third-order valence-corrected chi connectivity index (χ3v) is 5.14. The van der Waals surface area contributed by atoms with Crippen LogP contribution < -0.4 is 0 Å². The number of hydrogen-bond donors (Lipinski definition) is 1. The lowest BCUT2D eigenvalue weighted by molar-refractivity contribution is -0.113. The van der Waals surface area contributed by atoms with E-state index in [0.29, 0.717) is 6.54 Å². The molecule has 0 spiro atoms. The summed E-state index contributed by atoms with van der Waals surface area (Å²) in [6, 6.07) is -0.312. The van der Waals surface area contributed by atoms with E-state index in [1.165, 1.54) is 0 Å². The van der Waals surface area contributed by atoms with Crippen LogP contribution in [-0.2, 0) is 14.6 Å². The van der Waals surface area contributed by atoms with Crippen molar-refractivity contribution in [2.24, 2.45) is 5.92 Å². The Bertz CT molecular complexity index is 367. The molecule has 2 aliphatic heterocycles. The maximum Gasteiger partial charge on any atom is 0.154 e. The lowest BCUT2D eigenvalue weighted by atomic mass is 9.97. The number of hydrogen-bond acceptors (Lipinski definition) is 5. The van der Waals surface area contributed by atoms with Crippen molar-refractivity contribution in [3.05, 3.63) is 0 Å². The molecule has 2 heterocycles. The highest BCUT2D eigenvalue weighted by Gasteiger charge is 2.41. The summed E-state index contributed by atoms with van der Waals surface area (Å²) in [7, 11) is -3.10. The Labute approximate surface area is 95.4 Å². The Morgan fingerprint density at radius 1 is 1.31 bits per heavy atom. The Morgan fingerprint density at radius 3 is 2.62 bits per heavy atom. The van der Waals surface area contributed by atoms with E-state index in [1.54, 1.807) is 0 Å². The quantitative estimate of drug-likeness (QED) is 0.637. The van der Waals surface area contributed by atoms with Crippen LogP contribution in [0.15, 0.2) is 0 Å². The molecule has 0 aromatic heterocycles. The number of piperidine rings is 1. The molecule has 0 aromatic carbocycles. The number of aldehydes is 1. The van der Waals surface area contributed by atoms with Crippen molar-refractivity contribution < 1.29 is 18.3 Å². The van der Waals surface area contributed by atoms with Crippen LogP contribution in [0.5, 0.6) is 0 Å².